The van der Waals surface area contributed by atoms with E-state index in [1.807, 2.05) is 6.08 Å². The molecule has 0 aromatic heterocycles. The van der Waals surface area contributed by atoms with Gasteiger partial charge in [0, 0.05) is 16.5 Å². The van der Waals surface area contributed by atoms with Crippen LogP contribution in [0.4, 0.5) is 10.1 Å². The summed E-state index contributed by atoms with van der Waals surface area (Å²) in [6, 6.07) is 19.4. The van der Waals surface area contributed by atoms with E-state index in [4.69, 9.17) is 11.6 Å². The van der Waals surface area contributed by atoms with Crippen LogP contribution >= 0.6 is 11.6 Å². The number of allylic oxidation sites excluding steroid dienone is 2. The molecule has 2 aliphatic carbocycles. The molecular weight excluding hydrogens is 547 g/mol. The van der Waals surface area contributed by atoms with Crippen LogP contribution < -0.4 is 10.2 Å². The quantitative estimate of drug-likeness (QED) is 0.353. The van der Waals surface area contributed by atoms with Crippen molar-refractivity contribution in [3.63, 3.8) is 0 Å². The maximum absolute atomic E-state index is 15.0. The van der Waals surface area contributed by atoms with E-state index in [1.165, 1.54) is 12.1 Å². The largest absolute Gasteiger partial charge is 0.505 e. The van der Waals surface area contributed by atoms with Crippen molar-refractivity contribution in [2.45, 2.75) is 24.2 Å². The molecule has 2 aliphatic heterocycles. The Bertz CT molecular complexity index is 1690. The Hall–Kier alpha value is -4.30. The molecule has 1 saturated carbocycles. The summed E-state index contributed by atoms with van der Waals surface area (Å²) in [6.45, 7) is 0. The molecule has 3 fully saturated rings. The summed E-state index contributed by atoms with van der Waals surface area (Å²) in [5.41, 5.74) is 0.0523. The number of hydrogen-bond acceptors (Lipinski definition) is 5. The van der Waals surface area contributed by atoms with Gasteiger partial charge in [-0.25, -0.2) is 9.29 Å². The fourth-order valence-corrected chi connectivity index (χ4v) is 7.95. The van der Waals surface area contributed by atoms with Crippen molar-refractivity contribution in [1.29, 1.82) is 0 Å². The second kappa shape index (κ2) is 9.11. The number of nitrogens with zero attached hydrogens (tertiary/aromatic N) is 1. The van der Waals surface area contributed by atoms with Gasteiger partial charge in [0.2, 0.25) is 23.6 Å². The third-order valence-corrected chi connectivity index (χ3v) is 9.57. The minimum Gasteiger partial charge on any atom is -0.505 e. The Morgan fingerprint density at radius 1 is 0.927 bits per heavy atom. The average molecular weight is 571 g/mol. The van der Waals surface area contributed by atoms with E-state index in [2.05, 4.69) is 5.32 Å². The van der Waals surface area contributed by atoms with E-state index in [1.54, 1.807) is 54.6 Å². The zero-order valence-corrected chi connectivity index (χ0v) is 22.3. The van der Waals surface area contributed by atoms with Crippen LogP contribution in [0.5, 0.6) is 5.75 Å². The number of phenols is 1. The number of carbonyl (C=O) groups excluding carboxylic acids is 4. The molecule has 4 amide bonds. The van der Waals surface area contributed by atoms with Gasteiger partial charge in [-0.3, -0.25) is 24.5 Å². The molecule has 0 radical (unpaired) electrons. The van der Waals surface area contributed by atoms with Crippen molar-refractivity contribution in [3.05, 3.63) is 106 Å². The van der Waals surface area contributed by atoms with Gasteiger partial charge >= 0.3 is 0 Å². The maximum atomic E-state index is 15.0. The van der Waals surface area contributed by atoms with Crippen LogP contribution in [0.1, 0.15) is 29.9 Å². The van der Waals surface area contributed by atoms with Crippen molar-refractivity contribution >= 4 is 40.9 Å². The molecule has 0 bridgehead atoms. The van der Waals surface area contributed by atoms with Crippen LogP contribution in [0.15, 0.2) is 84.4 Å². The highest BCUT2D eigenvalue weighted by molar-refractivity contribution is 6.32. The lowest BCUT2D eigenvalue weighted by Crippen LogP contribution is -2.53. The number of rotatable bonds is 3. The number of hydrogen-bond donors (Lipinski definition) is 2. The number of para-hydroxylation sites is 1. The average Bonchev–Trinajstić information content (AvgIpc) is 3.38. The first-order valence-electron chi connectivity index (χ1n) is 13.5. The third kappa shape index (κ3) is 3.43. The van der Waals surface area contributed by atoms with Crippen molar-refractivity contribution in [2.24, 2.45) is 23.7 Å². The number of imide groups is 2. The number of carbonyl (C=O) groups is 4. The molecule has 206 valence electrons. The molecule has 2 heterocycles. The first-order chi connectivity index (χ1) is 19.7. The molecule has 0 unspecified atom stereocenters. The molecular formula is C32H24ClFN2O5. The summed E-state index contributed by atoms with van der Waals surface area (Å²) < 4.78 is 15.0. The fourth-order valence-electron chi connectivity index (χ4n) is 7.76. The second-order valence-electron chi connectivity index (χ2n) is 11.1. The minimum absolute atomic E-state index is 0.122. The molecule has 7 nitrogen and oxygen atoms in total. The zero-order valence-electron chi connectivity index (χ0n) is 21.6. The van der Waals surface area contributed by atoms with Crippen LogP contribution in [-0.4, -0.2) is 28.7 Å². The Morgan fingerprint density at radius 3 is 2.44 bits per heavy atom. The summed E-state index contributed by atoms with van der Waals surface area (Å²) in [5.74, 6) is -7.16. The lowest BCUT2D eigenvalue weighted by molar-refractivity contribution is -0.128. The summed E-state index contributed by atoms with van der Waals surface area (Å²) >= 11 is 6.27. The summed E-state index contributed by atoms with van der Waals surface area (Å²) in [7, 11) is 0. The molecule has 0 spiro atoms. The highest BCUT2D eigenvalue weighted by Crippen LogP contribution is 2.64. The van der Waals surface area contributed by atoms with Gasteiger partial charge in [-0.05, 0) is 48.6 Å². The molecule has 3 aromatic rings. The van der Waals surface area contributed by atoms with Crippen LogP contribution in [0.3, 0.4) is 0 Å². The number of nitrogens with one attached hydrogen (secondary N) is 1. The number of halogens is 2. The molecule has 4 aliphatic rings. The summed E-state index contributed by atoms with van der Waals surface area (Å²) in [4.78, 5) is 56.2. The second-order valence-corrected chi connectivity index (χ2v) is 11.6. The zero-order chi connectivity index (χ0) is 28.6. The SMILES string of the molecule is O=C1NC(=O)[C@H]2CC=C3[C@@H](C[C@H]4C(=O)N(c5cccc(Cl)c5)C(=O)[C@@]4(c4ccccc4)[C@H]3c3cccc(F)c3O)[C@@H]12. The van der Waals surface area contributed by atoms with E-state index in [0.717, 1.165) is 11.0 Å². The number of anilines is 1. The number of fused-ring (bicyclic) bond motifs is 4. The van der Waals surface area contributed by atoms with Gasteiger partial charge in [0.05, 0.1) is 28.9 Å². The van der Waals surface area contributed by atoms with E-state index in [0.29, 0.717) is 21.8 Å². The predicted molar refractivity (Wildman–Crippen MR) is 147 cm³/mol. The molecule has 7 rings (SSSR count). The first-order valence-corrected chi connectivity index (χ1v) is 13.8. The van der Waals surface area contributed by atoms with Gasteiger partial charge in [-0.15, -0.1) is 0 Å². The smallest absolute Gasteiger partial charge is 0.246 e. The highest BCUT2D eigenvalue weighted by atomic mass is 35.5. The molecule has 6 atom stereocenters. The normalized spacial score (nSPS) is 30.4. The van der Waals surface area contributed by atoms with Gasteiger partial charge in [0.1, 0.15) is 0 Å². The van der Waals surface area contributed by atoms with Crippen LogP contribution in [-0.2, 0) is 24.6 Å². The Balaban J connectivity index is 1.54. The lowest BCUT2D eigenvalue weighted by Gasteiger charge is -2.50. The van der Waals surface area contributed by atoms with Gasteiger partial charge in [0.25, 0.3) is 0 Å². The van der Waals surface area contributed by atoms with Crippen LogP contribution in [0.25, 0.3) is 0 Å². The molecule has 9 heteroatoms. The highest BCUT2D eigenvalue weighted by Gasteiger charge is 2.70. The van der Waals surface area contributed by atoms with Gasteiger partial charge in [0.15, 0.2) is 11.6 Å². The van der Waals surface area contributed by atoms with E-state index in [-0.39, 0.29) is 24.3 Å². The Labute approximate surface area is 239 Å². The standard InChI is InChI=1S/C32H24ClFN2O5/c33-17-8-4-9-18(14-17)36-30(40)23-15-22-19(12-13-20-25(22)29(39)35-28(20)38)26(21-10-5-11-24(34)27(21)37)32(23,31(36)41)16-6-2-1-3-7-16/h1-12,14,20,22-23,25-26,37H,13,15H2,(H,35,38,39)/t20-,22+,23-,25-,26+,32+/m0/s1. The lowest BCUT2D eigenvalue weighted by atomic mass is 9.49. The Morgan fingerprint density at radius 2 is 1.68 bits per heavy atom. The number of benzene rings is 3. The van der Waals surface area contributed by atoms with E-state index >= 15 is 0 Å². The maximum Gasteiger partial charge on any atom is 0.246 e. The fraction of sp³-hybridized carbons (Fsp3) is 0.250. The summed E-state index contributed by atoms with van der Waals surface area (Å²) in [6.07, 6.45) is 2.22. The van der Waals surface area contributed by atoms with Gasteiger partial charge in [-0.1, -0.05) is 71.8 Å². The van der Waals surface area contributed by atoms with E-state index in [9.17, 15) is 28.7 Å². The number of amides is 4. The first kappa shape index (κ1) is 25.7. The van der Waals surface area contributed by atoms with Crippen molar-refractivity contribution in [1.82, 2.24) is 5.32 Å². The van der Waals surface area contributed by atoms with Crippen molar-refractivity contribution in [2.75, 3.05) is 4.90 Å². The molecule has 2 N–H and O–H groups in total. The van der Waals surface area contributed by atoms with Crippen molar-refractivity contribution in [3.8, 4) is 5.75 Å². The van der Waals surface area contributed by atoms with Crippen LogP contribution in [0.2, 0.25) is 5.02 Å². The monoisotopic (exact) mass is 570 g/mol. The third-order valence-electron chi connectivity index (χ3n) is 9.34. The Kier molecular flexibility index (Phi) is 5.70. The predicted octanol–water partition coefficient (Wildman–Crippen LogP) is 4.63. The van der Waals surface area contributed by atoms with Gasteiger partial charge in [-0.2, -0.15) is 0 Å². The minimum atomic E-state index is -1.57. The molecule has 3 aromatic carbocycles. The summed E-state index contributed by atoms with van der Waals surface area (Å²) in [5, 5.41) is 13.9. The van der Waals surface area contributed by atoms with Crippen LogP contribution in [0, 0.1) is 29.5 Å². The molecule has 2 saturated heterocycles. The van der Waals surface area contributed by atoms with Gasteiger partial charge < -0.3 is 5.11 Å². The topological polar surface area (TPSA) is 104 Å². The van der Waals surface area contributed by atoms with Crippen molar-refractivity contribution < 1.29 is 28.7 Å². The number of phenolic OH excluding ortho intramolecular Hbond substituents is 1. The number of aromatic hydroxyl groups is 1. The molecule has 41 heavy (non-hydrogen) atoms. The van der Waals surface area contributed by atoms with E-state index < -0.39 is 64.3 Å².